The van der Waals surface area contributed by atoms with E-state index in [9.17, 15) is 9.18 Å². The Morgan fingerprint density at radius 2 is 2.17 bits per heavy atom. The number of nitrogens with one attached hydrogen (secondary N) is 4. The Kier molecular flexibility index (Phi) is 3.90. The number of rotatable bonds is 4. The number of aromatic amines is 2. The van der Waals surface area contributed by atoms with Gasteiger partial charge in [0.15, 0.2) is 17.2 Å². The molecule has 4 heterocycles. The fourth-order valence-electron chi connectivity index (χ4n) is 3.60. The topological polar surface area (TPSA) is 121 Å². The summed E-state index contributed by atoms with van der Waals surface area (Å²) in [6.45, 7) is 0.527. The van der Waals surface area contributed by atoms with Crippen molar-refractivity contribution in [1.29, 1.82) is 0 Å². The Hall–Kier alpha value is -3.95. The highest BCUT2D eigenvalue weighted by molar-refractivity contribution is 6.07. The first-order chi connectivity index (χ1) is 14.2. The lowest BCUT2D eigenvalue weighted by atomic mass is 10.1. The van der Waals surface area contributed by atoms with Crippen molar-refractivity contribution in [3.05, 3.63) is 47.8 Å². The van der Waals surface area contributed by atoms with Crippen molar-refractivity contribution in [3.8, 4) is 17.1 Å². The summed E-state index contributed by atoms with van der Waals surface area (Å²) in [6.07, 6.45) is 3.68. The van der Waals surface area contributed by atoms with Crippen molar-refractivity contribution < 1.29 is 13.9 Å². The molecular formula is C19H16FN7O2. The number of nitrogens with zero attached hydrogens (tertiary/aromatic N) is 3. The van der Waals surface area contributed by atoms with E-state index in [4.69, 9.17) is 4.74 Å². The first-order valence-corrected chi connectivity index (χ1v) is 8.94. The zero-order valence-corrected chi connectivity index (χ0v) is 15.3. The summed E-state index contributed by atoms with van der Waals surface area (Å²) in [6, 6.07) is 4.56. The van der Waals surface area contributed by atoms with Gasteiger partial charge in [0.25, 0.3) is 5.91 Å². The average molecular weight is 393 g/mol. The molecule has 0 saturated heterocycles. The summed E-state index contributed by atoms with van der Waals surface area (Å²) in [7, 11) is 1.39. The second-order valence-corrected chi connectivity index (χ2v) is 6.53. The van der Waals surface area contributed by atoms with Crippen LogP contribution in [-0.2, 0) is 6.42 Å². The van der Waals surface area contributed by atoms with Crippen LogP contribution in [-0.4, -0.2) is 44.7 Å². The predicted octanol–water partition coefficient (Wildman–Crippen LogP) is 2.53. The number of amides is 1. The lowest BCUT2D eigenvalue weighted by Gasteiger charge is -2.16. The molecule has 146 valence electrons. The molecule has 0 radical (unpaired) electrons. The number of hydrogen-bond donors (Lipinski definition) is 4. The zero-order valence-electron chi connectivity index (χ0n) is 15.3. The standard InChI is InChI=1S/C19H16FN7O2/c1-29-17-10(20)3-2-4-12(17)26-15-13-11(5-6-21-19(13)28)25-16(15)14-9-7-24-27-18(9)23-8-22-14/h2-4,7-8,25-26H,5-6H2,1H3,(H,21,28)(H,22,23,24,27). The second-order valence-electron chi connectivity index (χ2n) is 6.53. The summed E-state index contributed by atoms with van der Waals surface area (Å²) in [5.74, 6) is -0.669. The van der Waals surface area contributed by atoms with Crippen LogP contribution in [0.2, 0.25) is 0 Å². The van der Waals surface area contributed by atoms with Crippen LogP contribution < -0.4 is 15.4 Å². The quantitative estimate of drug-likeness (QED) is 0.423. The van der Waals surface area contributed by atoms with Gasteiger partial charge in [-0.25, -0.2) is 14.4 Å². The minimum atomic E-state index is -0.507. The molecule has 1 amide bonds. The van der Waals surface area contributed by atoms with Gasteiger partial charge < -0.3 is 20.4 Å². The van der Waals surface area contributed by atoms with E-state index in [1.807, 2.05) is 0 Å². The fraction of sp³-hybridized carbons (Fsp3) is 0.158. The van der Waals surface area contributed by atoms with Crippen LogP contribution >= 0.6 is 0 Å². The van der Waals surface area contributed by atoms with Crippen LogP contribution in [0, 0.1) is 5.82 Å². The molecule has 0 spiro atoms. The SMILES string of the molecule is COc1c(F)cccc1Nc1c(-c2ncnc3[nH]ncc23)[nH]c2c1C(=O)NCC2. The van der Waals surface area contributed by atoms with Crippen LogP contribution in [0.1, 0.15) is 16.1 Å². The summed E-state index contributed by atoms with van der Waals surface area (Å²) < 4.78 is 19.4. The third-order valence-electron chi connectivity index (χ3n) is 4.88. The smallest absolute Gasteiger partial charge is 0.255 e. The molecule has 0 fully saturated rings. The first-order valence-electron chi connectivity index (χ1n) is 8.94. The normalized spacial score (nSPS) is 13.2. The maximum Gasteiger partial charge on any atom is 0.255 e. The van der Waals surface area contributed by atoms with Crippen molar-refractivity contribution in [2.75, 3.05) is 19.0 Å². The molecule has 5 rings (SSSR count). The van der Waals surface area contributed by atoms with Crippen LogP contribution in [0.4, 0.5) is 15.8 Å². The third-order valence-corrected chi connectivity index (χ3v) is 4.88. The number of H-pyrrole nitrogens is 2. The molecule has 0 atom stereocenters. The number of carbonyl (C=O) groups is 1. The maximum absolute atomic E-state index is 14.2. The highest BCUT2D eigenvalue weighted by atomic mass is 19.1. The Labute approximate surface area is 163 Å². The fourth-order valence-corrected chi connectivity index (χ4v) is 3.60. The number of ether oxygens (including phenoxy) is 1. The highest BCUT2D eigenvalue weighted by Crippen LogP contribution is 2.40. The van der Waals surface area contributed by atoms with Crippen molar-refractivity contribution in [2.45, 2.75) is 6.42 Å². The maximum atomic E-state index is 14.2. The largest absolute Gasteiger partial charge is 0.492 e. The van der Waals surface area contributed by atoms with E-state index >= 15 is 0 Å². The van der Waals surface area contributed by atoms with Gasteiger partial charge in [-0.3, -0.25) is 9.89 Å². The number of anilines is 2. The molecule has 3 aromatic heterocycles. The van der Waals surface area contributed by atoms with Gasteiger partial charge >= 0.3 is 0 Å². The van der Waals surface area contributed by atoms with Crippen molar-refractivity contribution in [3.63, 3.8) is 0 Å². The minimum Gasteiger partial charge on any atom is -0.492 e. The molecule has 1 aromatic carbocycles. The van der Waals surface area contributed by atoms with Gasteiger partial charge in [0.1, 0.15) is 12.0 Å². The van der Waals surface area contributed by atoms with E-state index in [0.717, 1.165) is 5.69 Å². The van der Waals surface area contributed by atoms with Crippen LogP contribution in [0.15, 0.2) is 30.7 Å². The van der Waals surface area contributed by atoms with Gasteiger partial charge in [0, 0.05) is 18.7 Å². The van der Waals surface area contributed by atoms with Gasteiger partial charge in [0.05, 0.1) is 41.3 Å². The number of fused-ring (bicyclic) bond motifs is 2. The van der Waals surface area contributed by atoms with Gasteiger partial charge in [-0.2, -0.15) is 5.10 Å². The van der Waals surface area contributed by atoms with Gasteiger partial charge in [-0.05, 0) is 12.1 Å². The number of hydrogen-bond acceptors (Lipinski definition) is 6. The number of para-hydroxylation sites is 1. The van der Waals surface area contributed by atoms with Crippen LogP contribution in [0.25, 0.3) is 22.4 Å². The van der Waals surface area contributed by atoms with Crippen molar-refractivity contribution >= 4 is 28.3 Å². The van der Waals surface area contributed by atoms with E-state index in [0.29, 0.717) is 52.3 Å². The summed E-state index contributed by atoms with van der Waals surface area (Å²) in [5, 5.41) is 13.6. The van der Waals surface area contributed by atoms with E-state index < -0.39 is 5.82 Å². The molecule has 1 aliphatic heterocycles. The summed E-state index contributed by atoms with van der Waals surface area (Å²) in [4.78, 5) is 24.5. The number of carbonyl (C=O) groups excluding carboxylic acids is 1. The van der Waals surface area contributed by atoms with Gasteiger partial charge in [0.2, 0.25) is 0 Å². The third kappa shape index (κ3) is 2.68. The highest BCUT2D eigenvalue weighted by Gasteiger charge is 2.29. The lowest BCUT2D eigenvalue weighted by molar-refractivity contribution is 0.0947. The van der Waals surface area contributed by atoms with E-state index in [1.54, 1.807) is 18.3 Å². The van der Waals surface area contributed by atoms with Crippen LogP contribution in [0.5, 0.6) is 5.75 Å². The average Bonchev–Trinajstić information content (AvgIpc) is 3.34. The molecule has 29 heavy (non-hydrogen) atoms. The Bertz CT molecular complexity index is 1250. The second kappa shape index (κ2) is 6.59. The van der Waals surface area contributed by atoms with Gasteiger partial charge in [-0.1, -0.05) is 6.07 Å². The Morgan fingerprint density at radius 1 is 1.28 bits per heavy atom. The predicted molar refractivity (Wildman–Crippen MR) is 104 cm³/mol. The molecule has 0 aliphatic carbocycles. The number of halogens is 1. The van der Waals surface area contributed by atoms with Crippen molar-refractivity contribution in [1.82, 2.24) is 30.5 Å². The lowest BCUT2D eigenvalue weighted by Crippen LogP contribution is -2.31. The molecule has 10 heteroatoms. The molecule has 9 nitrogen and oxygen atoms in total. The molecule has 1 aliphatic rings. The number of aromatic nitrogens is 5. The molecule has 4 aromatic rings. The Morgan fingerprint density at radius 3 is 3.03 bits per heavy atom. The van der Waals surface area contributed by atoms with E-state index in [1.165, 1.54) is 19.5 Å². The van der Waals surface area contributed by atoms with E-state index in [-0.39, 0.29) is 11.7 Å². The van der Waals surface area contributed by atoms with Crippen LogP contribution in [0.3, 0.4) is 0 Å². The molecule has 0 bridgehead atoms. The Balaban J connectivity index is 1.74. The zero-order chi connectivity index (χ0) is 20.0. The minimum absolute atomic E-state index is 0.0563. The number of methoxy groups -OCH3 is 1. The number of benzene rings is 1. The van der Waals surface area contributed by atoms with E-state index in [2.05, 4.69) is 35.8 Å². The molecule has 4 N–H and O–H groups in total. The molecule has 0 unspecified atom stereocenters. The molecule has 0 saturated carbocycles. The first kappa shape index (κ1) is 17.2. The summed E-state index contributed by atoms with van der Waals surface area (Å²) >= 11 is 0. The molecular weight excluding hydrogens is 377 g/mol. The summed E-state index contributed by atoms with van der Waals surface area (Å²) in [5.41, 5.74) is 3.86. The van der Waals surface area contributed by atoms with Gasteiger partial charge in [-0.15, -0.1) is 0 Å². The monoisotopic (exact) mass is 393 g/mol. The van der Waals surface area contributed by atoms with Crippen molar-refractivity contribution in [2.24, 2.45) is 0 Å².